The van der Waals surface area contributed by atoms with Gasteiger partial charge in [0.2, 0.25) is 5.91 Å². The van der Waals surface area contributed by atoms with Gasteiger partial charge in [-0.15, -0.1) is 0 Å². The molecule has 3 aliphatic rings. The van der Waals surface area contributed by atoms with Gasteiger partial charge in [-0.1, -0.05) is 0 Å². The molecule has 5 heteroatoms. The van der Waals surface area contributed by atoms with Crippen molar-refractivity contribution >= 4 is 12.0 Å². The minimum absolute atomic E-state index is 0.274. The van der Waals surface area contributed by atoms with E-state index in [4.69, 9.17) is 4.74 Å². The van der Waals surface area contributed by atoms with Crippen molar-refractivity contribution in [2.75, 3.05) is 13.1 Å². The molecule has 0 aromatic rings. The van der Waals surface area contributed by atoms with Crippen LogP contribution in [0.5, 0.6) is 0 Å². The number of carbonyl (C=O) groups is 2. The third kappa shape index (κ3) is 1.68. The van der Waals surface area contributed by atoms with Gasteiger partial charge >= 0.3 is 6.09 Å². The number of rotatable bonds is 1. The fraction of sp³-hybridized carbons (Fsp3) is 0.846. The van der Waals surface area contributed by atoms with Crippen LogP contribution in [0, 0.1) is 5.92 Å². The topological polar surface area (TPSA) is 58.6 Å². The Bertz CT molecular complexity index is 393. The zero-order valence-corrected chi connectivity index (χ0v) is 11.0. The van der Waals surface area contributed by atoms with Gasteiger partial charge in [-0.05, 0) is 26.7 Å². The van der Waals surface area contributed by atoms with E-state index < -0.39 is 5.60 Å². The number of piperidine rings is 1. The van der Waals surface area contributed by atoms with Crippen molar-refractivity contribution in [3.8, 4) is 0 Å². The second-order valence-electron chi connectivity index (χ2n) is 6.23. The average molecular weight is 252 g/mol. The molecule has 2 heterocycles. The van der Waals surface area contributed by atoms with E-state index in [-0.39, 0.29) is 17.6 Å². The quantitative estimate of drug-likeness (QED) is 0.764. The first-order valence-corrected chi connectivity index (χ1v) is 6.73. The largest absolute Gasteiger partial charge is 0.440 e. The van der Waals surface area contributed by atoms with Crippen molar-refractivity contribution in [2.24, 2.45) is 5.92 Å². The second kappa shape index (κ2) is 3.62. The summed E-state index contributed by atoms with van der Waals surface area (Å²) >= 11 is 0. The molecule has 0 aromatic heterocycles. The van der Waals surface area contributed by atoms with Crippen LogP contribution in [0.2, 0.25) is 0 Å². The van der Waals surface area contributed by atoms with Crippen LogP contribution in [0.3, 0.4) is 0 Å². The van der Waals surface area contributed by atoms with Crippen molar-refractivity contribution in [2.45, 2.75) is 50.7 Å². The normalized spacial score (nSPS) is 29.0. The van der Waals surface area contributed by atoms with E-state index in [1.807, 2.05) is 18.7 Å². The molecule has 2 aliphatic heterocycles. The Balaban J connectivity index is 1.69. The Labute approximate surface area is 107 Å². The number of hydrogen-bond donors (Lipinski definition) is 1. The molecule has 5 nitrogen and oxygen atoms in total. The van der Waals surface area contributed by atoms with Crippen molar-refractivity contribution in [3.63, 3.8) is 0 Å². The zero-order chi connectivity index (χ0) is 13.0. The van der Waals surface area contributed by atoms with E-state index in [0.717, 1.165) is 25.7 Å². The summed E-state index contributed by atoms with van der Waals surface area (Å²) in [5.41, 5.74) is -0.788. The minimum atomic E-state index is -0.440. The predicted molar refractivity (Wildman–Crippen MR) is 65.0 cm³/mol. The molecule has 3 fully saturated rings. The van der Waals surface area contributed by atoms with Crippen LogP contribution in [0.1, 0.15) is 39.5 Å². The summed E-state index contributed by atoms with van der Waals surface area (Å²) in [5.74, 6) is 0.566. The Hall–Kier alpha value is -1.26. The lowest BCUT2D eigenvalue weighted by atomic mass is 9.76. The molecule has 3 rings (SSSR count). The maximum absolute atomic E-state index is 12.0. The Morgan fingerprint density at radius 3 is 2.39 bits per heavy atom. The average Bonchev–Trinajstić information content (AvgIpc) is 3.08. The number of carbonyl (C=O) groups excluding carboxylic acids is 2. The molecule has 1 spiro atoms. The fourth-order valence-corrected chi connectivity index (χ4v) is 3.10. The Morgan fingerprint density at radius 1 is 1.33 bits per heavy atom. The number of alkyl carbamates (subject to hydrolysis) is 1. The van der Waals surface area contributed by atoms with Crippen molar-refractivity contribution in [3.05, 3.63) is 0 Å². The van der Waals surface area contributed by atoms with E-state index in [1.54, 1.807) is 0 Å². The van der Waals surface area contributed by atoms with Gasteiger partial charge in [0.15, 0.2) is 0 Å². The molecule has 100 valence electrons. The van der Waals surface area contributed by atoms with Crippen molar-refractivity contribution in [1.29, 1.82) is 0 Å². The van der Waals surface area contributed by atoms with Gasteiger partial charge in [0.25, 0.3) is 0 Å². The van der Waals surface area contributed by atoms with Gasteiger partial charge in [0.1, 0.15) is 5.60 Å². The SMILES string of the molecule is CC1(C)NC(=O)OC12CCN(C(=O)C1CC1)CC2. The standard InChI is InChI=1S/C13H20N2O3/c1-12(2)13(18-11(17)14-12)5-7-15(8-6-13)10(16)9-3-4-9/h9H,3-8H2,1-2H3,(H,14,17). The summed E-state index contributed by atoms with van der Waals surface area (Å²) in [6.45, 7) is 5.40. The van der Waals surface area contributed by atoms with E-state index in [2.05, 4.69) is 5.32 Å². The number of nitrogens with zero attached hydrogens (tertiary/aromatic N) is 1. The van der Waals surface area contributed by atoms with E-state index >= 15 is 0 Å². The van der Waals surface area contributed by atoms with Crippen molar-refractivity contribution in [1.82, 2.24) is 10.2 Å². The third-order valence-electron chi connectivity index (χ3n) is 4.65. The molecular formula is C13H20N2O3. The van der Waals surface area contributed by atoms with Crippen LogP contribution >= 0.6 is 0 Å². The molecule has 0 atom stereocenters. The Morgan fingerprint density at radius 2 is 1.94 bits per heavy atom. The maximum atomic E-state index is 12.0. The highest BCUT2D eigenvalue weighted by molar-refractivity contribution is 5.81. The Kier molecular flexibility index (Phi) is 2.37. The number of ether oxygens (including phenoxy) is 1. The molecule has 0 unspecified atom stereocenters. The lowest BCUT2D eigenvalue weighted by molar-refractivity contribution is -0.137. The van der Waals surface area contributed by atoms with E-state index in [1.165, 1.54) is 0 Å². The van der Waals surface area contributed by atoms with Crippen LogP contribution in [0.4, 0.5) is 4.79 Å². The van der Waals surface area contributed by atoms with Gasteiger partial charge in [-0.2, -0.15) is 0 Å². The molecule has 1 saturated carbocycles. The summed E-state index contributed by atoms with van der Waals surface area (Å²) < 4.78 is 5.52. The molecular weight excluding hydrogens is 232 g/mol. The van der Waals surface area contributed by atoms with Gasteiger partial charge in [0, 0.05) is 31.8 Å². The van der Waals surface area contributed by atoms with Crippen LogP contribution < -0.4 is 5.32 Å². The zero-order valence-electron chi connectivity index (χ0n) is 11.0. The van der Waals surface area contributed by atoms with Gasteiger partial charge in [-0.3, -0.25) is 4.79 Å². The number of amides is 2. The summed E-state index contributed by atoms with van der Waals surface area (Å²) in [6.07, 6.45) is 3.22. The van der Waals surface area contributed by atoms with Crippen LogP contribution in [0.15, 0.2) is 0 Å². The van der Waals surface area contributed by atoms with Crippen LogP contribution in [0.25, 0.3) is 0 Å². The van der Waals surface area contributed by atoms with Gasteiger partial charge in [0.05, 0.1) is 5.54 Å². The number of nitrogens with one attached hydrogen (secondary N) is 1. The highest BCUT2D eigenvalue weighted by Crippen LogP contribution is 2.41. The monoisotopic (exact) mass is 252 g/mol. The number of likely N-dealkylation sites (tertiary alicyclic amines) is 1. The molecule has 2 saturated heterocycles. The van der Waals surface area contributed by atoms with Crippen molar-refractivity contribution < 1.29 is 14.3 Å². The first-order chi connectivity index (χ1) is 8.44. The molecule has 1 aliphatic carbocycles. The molecule has 2 amide bonds. The highest BCUT2D eigenvalue weighted by Gasteiger charge is 2.56. The van der Waals surface area contributed by atoms with Gasteiger partial charge < -0.3 is 15.0 Å². The molecule has 18 heavy (non-hydrogen) atoms. The summed E-state index contributed by atoms with van der Waals surface area (Å²) in [4.78, 5) is 25.4. The summed E-state index contributed by atoms with van der Waals surface area (Å²) in [6, 6.07) is 0. The predicted octanol–water partition coefficient (Wildman–Crippen LogP) is 1.28. The minimum Gasteiger partial charge on any atom is -0.440 e. The smallest absolute Gasteiger partial charge is 0.408 e. The highest BCUT2D eigenvalue weighted by atomic mass is 16.6. The molecule has 1 N–H and O–H groups in total. The van der Waals surface area contributed by atoms with E-state index in [0.29, 0.717) is 19.0 Å². The lowest BCUT2D eigenvalue weighted by Gasteiger charge is -2.44. The van der Waals surface area contributed by atoms with Gasteiger partial charge in [-0.25, -0.2) is 4.79 Å². The third-order valence-corrected chi connectivity index (χ3v) is 4.65. The van der Waals surface area contributed by atoms with Crippen LogP contribution in [-0.4, -0.2) is 41.1 Å². The molecule has 0 aromatic carbocycles. The number of hydrogen-bond acceptors (Lipinski definition) is 3. The van der Waals surface area contributed by atoms with Crippen LogP contribution in [-0.2, 0) is 9.53 Å². The molecule has 0 radical (unpaired) electrons. The first kappa shape index (κ1) is 11.8. The first-order valence-electron chi connectivity index (χ1n) is 6.73. The summed E-state index contributed by atoms with van der Waals surface area (Å²) in [5, 5.41) is 2.87. The maximum Gasteiger partial charge on any atom is 0.408 e. The lowest BCUT2D eigenvalue weighted by Crippen LogP contribution is -2.58. The van der Waals surface area contributed by atoms with E-state index in [9.17, 15) is 9.59 Å². The second-order valence-corrected chi connectivity index (χ2v) is 6.23. The molecule has 0 bridgehead atoms. The fourth-order valence-electron chi connectivity index (χ4n) is 3.10. The summed E-state index contributed by atoms with van der Waals surface area (Å²) in [7, 11) is 0.